The van der Waals surface area contributed by atoms with E-state index in [1.165, 1.54) is 0 Å². The molecule has 0 unspecified atom stereocenters. The lowest BCUT2D eigenvalue weighted by Gasteiger charge is -2.22. The molecule has 0 bridgehead atoms. The predicted octanol–water partition coefficient (Wildman–Crippen LogP) is 2.29. The van der Waals surface area contributed by atoms with Gasteiger partial charge in [-0.25, -0.2) is 0 Å². The normalized spacial score (nSPS) is 12.8. The van der Waals surface area contributed by atoms with Crippen LogP contribution in [0.25, 0.3) is 0 Å². The van der Waals surface area contributed by atoms with Crippen LogP contribution >= 0.6 is 0 Å². The second-order valence-electron chi connectivity index (χ2n) is 4.63. The van der Waals surface area contributed by atoms with Crippen molar-refractivity contribution in [1.29, 1.82) is 0 Å². The lowest BCUT2D eigenvalue weighted by molar-refractivity contribution is 0.0981. The third kappa shape index (κ3) is 2.67. The molecular weight excluding hydrogens is 270 g/mol. The Labute approximate surface area is 122 Å². The molecule has 1 aliphatic heterocycles. The van der Waals surface area contributed by atoms with Gasteiger partial charge in [0.25, 0.3) is 0 Å². The Hall–Kier alpha value is -2.56. The van der Waals surface area contributed by atoms with Gasteiger partial charge in [-0.2, -0.15) is 0 Å². The Morgan fingerprint density at radius 2 is 1.86 bits per heavy atom. The number of carbonyl (C=O) groups is 1. The van der Waals surface area contributed by atoms with E-state index in [4.69, 9.17) is 14.2 Å². The minimum Gasteiger partial charge on any atom is -0.493 e. The zero-order valence-corrected chi connectivity index (χ0v) is 11.7. The van der Waals surface area contributed by atoms with Crippen LogP contribution in [0.5, 0.6) is 17.2 Å². The Morgan fingerprint density at radius 1 is 1.14 bits per heavy atom. The van der Waals surface area contributed by atoms with Gasteiger partial charge in [-0.05, 0) is 29.8 Å². The van der Waals surface area contributed by atoms with Gasteiger partial charge >= 0.3 is 0 Å². The summed E-state index contributed by atoms with van der Waals surface area (Å²) in [6.45, 7) is 0.876. The quantitative estimate of drug-likeness (QED) is 0.807. The number of hydrogen-bond acceptors (Lipinski definition) is 5. The summed E-state index contributed by atoms with van der Waals surface area (Å²) >= 11 is 0. The standard InChI is InChI=1S/C16H15NO4/c1-19-14-3-2-12(15-16(14)21-9-8-20-15)13(18)10-11-4-6-17-7-5-11/h2-7H,8-10H2,1H3. The lowest BCUT2D eigenvalue weighted by atomic mass is 10.0. The molecule has 0 N–H and O–H groups in total. The van der Waals surface area contributed by atoms with Crippen LogP contribution < -0.4 is 14.2 Å². The molecule has 1 aromatic heterocycles. The summed E-state index contributed by atoms with van der Waals surface area (Å²) in [6, 6.07) is 7.10. The molecule has 0 atom stereocenters. The van der Waals surface area contributed by atoms with E-state index in [2.05, 4.69) is 4.98 Å². The number of nitrogens with zero attached hydrogens (tertiary/aromatic N) is 1. The van der Waals surface area contributed by atoms with Crippen molar-refractivity contribution in [3.63, 3.8) is 0 Å². The summed E-state index contributed by atoms with van der Waals surface area (Å²) in [4.78, 5) is 16.4. The molecular formula is C16H15NO4. The van der Waals surface area contributed by atoms with Crippen LogP contribution in [-0.4, -0.2) is 31.1 Å². The molecule has 108 valence electrons. The second kappa shape index (κ2) is 5.83. The predicted molar refractivity (Wildman–Crippen MR) is 76.3 cm³/mol. The minimum atomic E-state index is -0.0226. The van der Waals surface area contributed by atoms with Crippen molar-refractivity contribution in [3.8, 4) is 17.2 Å². The molecule has 2 aromatic rings. The van der Waals surface area contributed by atoms with Crippen LogP contribution in [-0.2, 0) is 6.42 Å². The summed E-state index contributed by atoms with van der Waals surface area (Å²) < 4.78 is 16.4. The monoisotopic (exact) mass is 285 g/mol. The van der Waals surface area contributed by atoms with Crippen molar-refractivity contribution in [3.05, 3.63) is 47.8 Å². The van der Waals surface area contributed by atoms with E-state index in [0.717, 1.165) is 5.56 Å². The van der Waals surface area contributed by atoms with Crippen molar-refractivity contribution in [2.45, 2.75) is 6.42 Å². The Morgan fingerprint density at radius 3 is 2.57 bits per heavy atom. The minimum absolute atomic E-state index is 0.0226. The third-order valence-electron chi connectivity index (χ3n) is 3.29. The van der Waals surface area contributed by atoms with Gasteiger partial charge in [0.15, 0.2) is 17.3 Å². The fraction of sp³-hybridized carbons (Fsp3) is 0.250. The molecule has 1 aliphatic rings. The summed E-state index contributed by atoms with van der Waals surface area (Å²) in [5.74, 6) is 1.53. The fourth-order valence-electron chi connectivity index (χ4n) is 2.27. The highest BCUT2D eigenvalue weighted by Gasteiger charge is 2.24. The van der Waals surface area contributed by atoms with Crippen LogP contribution in [0.4, 0.5) is 0 Å². The maximum atomic E-state index is 12.5. The van der Waals surface area contributed by atoms with Crippen molar-refractivity contribution in [2.75, 3.05) is 20.3 Å². The van der Waals surface area contributed by atoms with E-state index in [0.29, 0.717) is 42.4 Å². The van der Waals surface area contributed by atoms with Crippen LogP contribution in [0.1, 0.15) is 15.9 Å². The van der Waals surface area contributed by atoms with E-state index in [9.17, 15) is 4.79 Å². The van der Waals surface area contributed by atoms with Crippen molar-refractivity contribution in [2.24, 2.45) is 0 Å². The zero-order valence-electron chi connectivity index (χ0n) is 11.7. The number of pyridine rings is 1. The highest BCUT2D eigenvalue weighted by atomic mass is 16.6. The average Bonchev–Trinajstić information content (AvgIpc) is 2.54. The number of carbonyl (C=O) groups excluding carboxylic acids is 1. The first-order chi connectivity index (χ1) is 10.3. The molecule has 0 amide bonds. The van der Waals surface area contributed by atoms with Gasteiger partial charge in [0.05, 0.1) is 12.7 Å². The number of ketones is 1. The van der Waals surface area contributed by atoms with E-state index in [-0.39, 0.29) is 5.78 Å². The molecule has 0 fully saturated rings. The van der Waals surface area contributed by atoms with Gasteiger partial charge in [-0.1, -0.05) is 0 Å². The molecule has 0 saturated carbocycles. The summed E-state index contributed by atoms with van der Waals surface area (Å²) in [5.41, 5.74) is 1.43. The highest BCUT2D eigenvalue weighted by Crippen LogP contribution is 2.42. The van der Waals surface area contributed by atoms with Crippen LogP contribution in [0.3, 0.4) is 0 Å². The van der Waals surface area contributed by atoms with Crippen molar-refractivity contribution < 1.29 is 19.0 Å². The Bertz CT molecular complexity index is 655. The van der Waals surface area contributed by atoms with E-state index in [1.54, 1.807) is 31.6 Å². The van der Waals surface area contributed by atoms with Gasteiger partial charge < -0.3 is 14.2 Å². The van der Waals surface area contributed by atoms with E-state index >= 15 is 0 Å². The zero-order chi connectivity index (χ0) is 14.7. The smallest absolute Gasteiger partial charge is 0.204 e. The Kier molecular flexibility index (Phi) is 3.73. The fourth-order valence-corrected chi connectivity index (χ4v) is 2.27. The molecule has 0 spiro atoms. The number of methoxy groups -OCH3 is 1. The highest BCUT2D eigenvalue weighted by molar-refractivity contribution is 6.01. The van der Waals surface area contributed by atoms with Crippen LogP contribution in [0.15, 0.2) is 36.7 Å². The number of rotatable bonds is 4. The Balaban J connectivity index is 1.93. The molecule has 5 nitrogen and oxygen atoms in total. The van der Waals surface area contributed by atoms with Gasteiger partial charge in [0.2, 0.25) is 5.75 Å². The number of hydrogen-bond donors (Lipinski definition) is 0. The molecule has 1 aromatic carbocycles. The molecule has 0 radical (unpaired) electrons. The first-order valence-corrected chi connectivity index (χ1v) is 6.68. The van der Waals surface area contributed by atoms with Gasteiger partial charge in [-0.3, -0.25) is 9.78 Å². The first kappa shape index (κ1) is 13.4. The molecule has 5 heteroatoms. The van der Waals surface area contributed by atoms with E-state index < -0.39 is 0 Å². The van der Waals surface area contributed by atoms with Crippen LogP contribution in [0, 0.1) is 0 Å². The molecule has 3 rings (SSSR count). The summed E-state index contributed by atoms with van der Waals surface area (Å²) in [6.07, 6.45) is 3.64. The molecule has 21 heavy (non-hydrogen) atoms. The second-order valence-corrected chi connectivity index (χ2v) is 4.63. The number of ether oxygens (including phenoxy) is 3. The average molecular weight is 285 g/mol. The van der Waals surface area contributed by atoms with Crippen LogP contribution in [0.2, 0.25) is 0 Å². The lowest BCUT2D eigenvalue weighted by Crippen LogP contribution is -2.19. The largest absolute Gasteiger partial charge is 0.493 e. The first-order valence-electron chi connectivity index (χ1n) is 6.68. The SMILES string of the molecule is COc1ccc(C(=O)Cc2ccncc2)c2c1OCCO2. The van der Waals surface area contributed by atoms with Gasteiger partial charge in [0.1, 0.15) is 13.2 Å². The summed E-state index contributed by atoms with van der Waals surface area (Å²) in [5, 5.41) is 0. The van der Waals surface area contributed by atoms with E-state index in [1.807, 2.05) is 12.1 Å². The van der Waals surface area contributed by atoms with Crippen molar-refractivity contribution in [1.82, 2.24) is 4.98 Å². The number of Topliss-reactive ketones (excluding diaryl/α,β-unsaturated/α-hetero) is 1. The van der Waals surface area contributed by atoms with Crippen molar-refractivity contribution >= 4 is 5.78 Å². The van der Waals surface area contributed by atoms with Gasteiger partial charge in [0, 0.05) is 18.8 Å². The molecule has 0 aliphatic carbocycles. The number of aromatic nitrogens is 1. The topological polar surface area (TPSA) is 57.7 Å². The molecule has 2 heterocycles. The van der Waals surface area contributed by atoms with Gasteiger partial charge in [-0.15, -0.1) is 0 Å². The number of fused-ring (bicyclic) bond motifs is 1. The summed E-state index contributed by atoms with van der Waals surface area (Å²) in [7, 11) is 1.56. The maximum absolute atomic E-state index is 12.5. The third-order valence-corrected chi connectivity index (χ3v) is 3.29. The maximum Gasteiger partial charge on any atom is 0.204 e. The molecule has 0 saturated heterocycles. The number of benzene rings is 1.